The second-order valence-electron chi connectivity index (χ2n) is 7.82. The highest BCUT2D eigenvalue weighted by atomic mass is 32.2. The molecule has 4 rings (SSSR count). The molecule has 0 saturated heterocycles. The van der Waals surface area contributed by atoms with E-state index in [1.807, 2.05) is 41.8 Å². The molecule has 0 bridgehead atoms. The molecule has 0 aliphatic rings. The number of aromatic nitrogens is 3. The predicted octanol–water partition coefficient (Wildman–Crippen LogP) is 5.81. The van der Waals surface area contributed by atoms with Crippen LogP contribution in [0.25, 0.3) is 5.69 Å². The number of nitrogens with one attached hydrogen (secondary N) is 1. The number of halogens is 2. The molecule has 1 N–H and O–H groups in total. The van der Waals surface area contributed by atoms with Gasteiger partial charge in [0.05, 0.1) is 18.0 Å². The van der Waals surface area contributed by atoms with Crippen LogP contribution in [0.1, 0.15) is 25.8 Å². The fraction of sp³-hybridized carbons (Fsp3) is 0.192. The number of carbonyl (C=O) groups is 1. The number of thioether (sulfide) groups is 1. The lowest BCUT2D eigenvalue weighted by Crippen LogP contribution is -2.23. The molecule has 2 unspecified atom stereocenters. The van der Waals surface area contributed by atoms with E-state index in [1.165, 1.54) is 6.07 Å². The third-order valence-corrected chi connectivity index (χ3v) is 6.29. The van der Waals surface area contributed by atoms with Crippen LogP contribution >= 0.6 is 11.8 Å². The average Bonchev–Trinajstić information content (AvgIpc) is 3.30. The summed E-state index contributed by atoms with van der Waals surface area (Å²) < 4.78 is 40.3. The van der Waals surface area contributed by atoms with E-state index in [-0.39, 0.29) is 5.69 Å². The lowest BCUT2D eigenvalue weighted by atomic mass is 10.3. The van der Waals surface area contributed by atoms with Gasteiger partial charge in [-0.05, 0) is 62.4 Å². The molecule has 1 amide bonds. The molecule has 1 aromatic heterocycles. The number of carbonyl (C=O) groups excluding carboxylic acids is 1. The number of ether oxygens (including phenoxy) is 2. The molecule has 4 aromatic rings. The Morgan fingerprint density at radius 2 is 1.67 bits per heavy atom. The predicted molar refractivity (Wildman–Crippen MR) is 134 cm³/mol. The third kappa shape index (κ3) is 5.83. The summed E-state index contributed by atoms with van der Waals surface area (Å²) in [5, 5.41) is 11.0. The van der Waals surface area contributed by atoms with Gasteiger partial charge in [0.2, 0.25) is 5.91 Å². The maximum atomic E-state index is 14.0. The maximum Gasteiger partial charge on any atom is 0.237 e. The zero-order valence-electron chi connectivity index (χ0n) is 19.8. The molecule has 7 nitrogen and oxygen atoms in total. The van der Waals surface area contributed by atoms with Crippen molar-refractivity contribution in [2.75, 3.05) is 12.4 Å². The number of amides is 1. The fourth-order valence-electron chi connectivity index (χ4n) is 3.39. The number of nitrogens with zero attached hydrogens (tertiary/aromatic N) is 3. The number of para-hydroxylation sites is 1. The van der Waals surface area contributed by atoms with E-state index >= 15 is 0 Å². The smallest absolute Gasteiger partial charge is 0.237 e. The number of anilines is 1. The van der Waals surface area contributed by atoms with Crippen molar-refractivity contribution in [2.45, 2.75) is 30.4 Å². The van der Waals surface area contributed by atoms with E-state index in [1.54, 1.807) is 38.3 Å². The van der Waals surface area contributed by atoms with Gasteiger partial charge in [0, 0.05) is 11.8 Å². The molecule has 186 valence electrons. The minimum Gasteiger partial charge on any atom is -0.497 e. The van der Waals surface area contributed by atoms with Crippen molar-refractivity contribution in [1.82, 2.24) is 14.8 Å². The molecule has 0 aliphatic carbocycles. The van der Waals surface area contributed by atoms with Crippen molar-refractivity contribution in [3.05, 3.63) is 90.3 Å². The Labute approximate surface area is 211 Å². The Kier molecular flexibility index (Phi) is 7.84. The minimum atomic E-state index is -0.847. The van der Waals surface area contributed by atoms with Crippen LogP contribution in [0.4, 0.5) is 14.5 Å². The lowest BCUT2D eigenvalue weighted by molar-refractivity contribution is -0.115. The highest BCUT2D eigenvalue weighted by molar-refractivity contribution is 8.00. The standard InChI is InChI=1S/C26H24F2N4O3S/c1-16(35-21-12-10-20(34-3)11-13-21)24-30-31-26(32(24)19-7-5-4-6-8-19)36-17(2)25(33)29-23-14-9-18(27)15-22(23)28/h4-17H,1-3H3,(H,29,33). The molecule has 0 aliphatic heterocycles. The van der Waals surface area contributed by atoms with Gasteiger partial charge >= 0.3 is 0 Å². The molecule has 0 spiro atoms. The van der Waals surface area contributed by atoms with Crippen LogP contribution in [-0.2, 0) is 4.79 Å². The summed E-state index contributed by atoms with van der Waals surface area (Å²) in [4.78, 5) is 12.8. The quantitative estimate of drug-likeness (QED) is 0.286. The fourth-order valence-corrected chi connectivity index (χ4v) is 4.26. The lowest BCUT2D eigenvalue weighted by Gasteiger charge is -2.18. The monoisotopic (exact) mass is 510 g/mol. The first kappa shape index (κ1) is 25.2. The summed E-state index contributed by atoms with van der Waals surface area (Å²) in [6, 6.07) is 19.6. The topological polar surface area (TPSA) is 78.3 Å². The second kappa shape index (κ2) is 11.2. The van der Waals surface area contributed by atoms with Gasteiger partial charge < -0.3 is 14.8 Å². The van der Waals surface area contributed by atoms with Crippen molar-refractivity contribution >= 4 is 23.4 Å². The van der Waals surface area contributed by atoms with Gasteiger partial charge in [-0.15, -0.1) is 10.2 Å². The van der Waals surface area contributed by atoms with Crippen molar-refractivity contribution in [3.63, 3.8) is 0 Å². The Morgan fingerprint density at radius 1 is 0.972 bits per heavy atom. The Bertz CT molecular complexity index is 1330. The number of methoxy groups -OCH3 is 1. The van der Waals surface area contributed by atoms with Crippen molar-refractivity contribution in [2.24, 2.45) is 0 Å². The first-order valence-corrected chi connectivity index (χ1v) is 12.0. The van der Waals surface area contributed by atoms with Crippen LogP contribution in [0.3, 0.4) is 0 Å². The minimum absolute atomic E-state index is 0.0967. The summed E-state index contributed by atoms with van der Waals surface area (Å²) in [5.41, 5.74) is 0.697. The van der Waals surface area contributed by atoms with Crippen LogP contribution < -0.4 is 14.8 Å². The van der Waals surface area contributed by atoms with E-state index in [0.29, 0.717) is 22.5 Å². The summed E-state index contributed by atoms with van der Waals surface area (Å²) >= 11 is 1.16. The number of hydrogen-bond acceptors (Lipinski definition) is 6. The largest absolute Gasteiger partial charge is 0.497 e. The summed E-state index contributed by atoms with van der Waals surface area (Å²) in [6.45, 7) is 3.53. The Morgan fingerprint density at radius 3 is 2.33 bits per heavy atom. The van der Waals surface area contributed by atoms with Gasteiger partial charge in [0.15, 0.2) is 17.1 Å². The zero-order chi connectivity index (χ0) is 25.7. The van der Waals surface area contributed by atoms with Gasteiger partial charge in [-0.2, -0.15) is 0 Å². The van der Waals surface area contributed by atoms with E-state index < -0.39 is 28.9 Å². The molecular weight excluding hydrogens is 486 g/mol. The molecule has 1 heterocycles. The summed E-state index contributed by atoms with van der Waals surface area (Å²) in [5.74, 6) is -0.140. The van der Waals surface area contributed by atoms with Crippen LogP contribution in [-0.4, -0.2) is 33.0 Å². The maximum absolute atomic E-state index is 14.0. The highest BCUT2D eigenvalue weighted by Crippen LogP contribution is 2.31. The van der Waals surface area contributed by atoms with E-state index in [0.717, 1.165) is 29.6 Å². The molecule has 36 heavy (non-hydrogen) atoms. The number of hydrogen-bond donors (Lipinski definition) is 1. The Hall–Kier alpha value is -3.92. The molecule has 0 fully saturated rings. The normalized spacial score (nSPS) is 12.6. The molecule has 3 aromatic carbocycles. The van der Waals surface area contributed by atoms with Gasteiger partial charge in [-0.25, -0.2) is 8.78 Å². The molecular formula is C26H24F2N4O3S. The van der Waals surface area contributed by atoms with E-state index in [9.17, 15) is 13.6 Å². The first-order chi connectivity index (χ1) is 17.4. The molecule has 0 saturated carbocycles. The van der Waals surface area contributed by atoms with Crippen molar-refractivity contribution in [1.29, 1.82) is 0 Å². The Balaban J connectivity index is 1.57. The van der Waals surface area contributed by atoms with Gasteiger partial charge in [-0.3, -0.25) is 9.36 Å². The van der Waals surface area contributed by atoms with Gasteiger partial charge in [0.1, 0.15) is 23.1 Å². The van der Waals surface area contributed by atoms with E-state index in [2.05, 4.69) is 15.5 Å². The third-order valence-electron chi connectivity index (χ3n) is 5.25. The van der Waals surface area contributed by atoms with Crippen molar-refractivity contribution < 1.29 is 23.0 Å². The molecule has 10 heteroatoms. The zero-order valence-corrected chi connectivity index (χ0v) is 20.6. The van der Waals surface area contributed by atoms with Gasteiger partial charge in [-0.1, -0.05) is 30.0 Å². The van der Waals surface area contributed by atoms with E-state index in [4.69, 9.17) is 9.47 Å². The molecule has 0 radical (unpaired) electrons. The number of benzene rings is 3. The van der Waals surface area contributed by atoms with Crippen LogP contribution in [0, 0.1) is 11.6 Å². The first-order valence-electron chi connectivity index (χ1n) is 11.1. The van der Waals surface area contributed by atoms with Gasteiger partial charge in [0.25, 0.3) is 0 Å². The highest BCUT2D eigenvalue weighted by Gasteiger charge is 2.25. The summed E-state index contributed by atoms with van der Waals surface area (Å²) in [7, 11) is 1.59. The van der Waals surface area contributed by atoms with Crippen molar-refractivity contribution in [3.8, 4) is 17.2 Å². The van der Waals surface area contributed by atoms with Crippen LogP contribution in [0.15, 0.2) is 78.0 Å². The summed E-state index contributed by atoms with van der Waals surface area (Å²) in [6.07, 6.45) is -0.474. The SMILES string of the molecule is COc1ccc(OC(C)c2nnc(SC(C)C(=O)Nc3ccc(F)cc3F)n2-c2ccccc2)cc1. The van der Waals surface area contributed by atoms with Crippen LogP contribution in [0.5, 0.6) is 11.5 Å². The molecule has 2 atom stereocenters. The number of rotatable bonds is 9. The van der Waals surface area contributed by atoms with Crippen LogP contribution in [0.2, 0.25) is 0 Å². The average molecular weight is 511 g/mol. The second-order valence-corrected chi connectivity index (χ2v) is 9.13.